The predicted molar refractivity (Wildman–Crippen MR) is 76.6 cm³/mol. The predicted octanol–water partition coefficient (Wildman–Crippen LogP) is 4.03. The molecular formula is C14H18Cl2O3. The molecule has 1 saturated heterocycles. The Kier molecular flexibility index (Phi) is 5.20. The Morgan fingerprint density at radius 3 is 2.74 bits per heavy atom. The molecule has 0 saturated carbocycles. The quantitative estimate of drug-likeness (QED) is 0.769. The summed E-state index contributed by atoms with van der Waals surface area (Å²) in [6.07, 6.45) is 2.55. The minimum Gasteiger partial charge on any atom is -0.493 e. The lowest BCUT2D eigenvalue weighted by Crippen LogP contribution is -2.18. The molecule has 5 heteroatoms. The Morgan fingerprint density at radius 1 is 1.37 bits per heavy atom. The summed E-state index contributed by atoms with van der Waals surface area (Å²) in [5, 5.41) is 0.589. The SMILES string of the molecule is COc1cc(Cl)cc(CCl)c1OCC1CCC(C)O1. The maximum absolute atomic E-state index is 6.01. The van der Waals surface area contributed by atoms with Gasteiger partial charge in [-0.25, -0.2) is 0 Å². The van der Waals surface area contributed by atoms with Crippen molar-refractivity contribution < 1.29 is 14.2 Å². The van der Waals surface area contributed by atoms with Crippen molar-refractivity contribution in [1.82, 2.24) is 0 Å². The second kappa shape index (κ2) is 6.69. The number of benzene rings is 1. The van der Waals surface area contributed by atoms with Crippen molar-refractivity contribution in [3.05, 3.63) is 22.7 Å². The average molecular weight is 305 g/mol. The van der Waals surface area contributed by atoms with E-state index >= 15 is 0 Å². The van der Waals surface area contributed by atoms with Gasteiger partial charge in [-0.15, -0.1) is 11.6 Å². The smallest absolute Gasteiger partial charge is 0.165 e. The van der Waals surface area contributed by atoms with Crippen LogP contribution in [-0.4, -0.2) is 25.9 Å². The highest BCUT2D eigenvalue weighted by molar-refractivity contribution is 6.31. The van der Waals surface area contributed by atoms with Crippen molar-refractivity contribution in [3.63, 3.8) is 0 Å². The molecule has 2 unspecified atom stereocenters. The minimum atomic E-state index is 0.138. The van der Waals surface area contributed by atoms with Crippen molar-refractivity contribution >= 4 is 23.2 Å². The highest BCUT2D eigenvalue weighted by Gasteiger charge is 2.23. The Hall–Kier alpha value is -0.640. The van der Waals surface area contributed by atoms with E-state index in [0.717, 1.165) is 18.4 Å². The number of rotatable bonds is 5. The fourth-order valence-electron chi connectivity index (χ4n) is 2.22. The summed E-state index contributed by atoms with van der Waals surface area (Å²) >= 11 is 11.9. The van der Waals surface area contributed by atoms with E-state index in [4.69, 9.17) is 37.4 Å². The van der Waals surface area contributed by atoms with E-state index in [-0.39, 0.29) is 6.10 Å². The molecule has 1 heterocycles. The Labute approximate surface area is 123 Å². The summed E-state index contributed by atoms with van der Waals surface area (Å²) in [4.78, 5) is 0. The van der Waals surface area contributed by atoms with Gasteiger partial charge in [0.25, 0.3) is 0 Å². The molecule has 1 aliphatic heterocycles. The zero-order valence-corrected chi connectivity index (χ0v) is 12.6. The highest BCUT2D eigenvalue weighted by atomic mass is 35.5. The highest BCUT2D eigenvalue weighted by Crippen LogP contribution is 2.36. The molecule has 3 nitrogen and oxygen atoms in total. The first kappa shape index (κ1) is 14.8. The summed E-state index contributed by atoms with van der Waals surface area (Å²) in [6.45, 7) is 2.58. The first-order valence-electron chi connectivity index (χ1n) is 6.34. The van der Waals surface area contributed by atoms with Crippen LogP contribution >= 0.6 is 23.2 Å². The van der Waals surface area contributed by atoms with Crippen LogP contribution in [0.15, 0.2) is 12.1 Å². The summed E-state index contributed by atoms with van der Waals surface area (Å²) in [5.74, 6) is 1.59. The second-order valence-corrected chi connectivity index (χ2v) is 5.39. The lowest BCUT2D eigenvalue weighted by atomic mass is 10.2. The van der Waals surface area contributed by atoms with Crippen molar-refractivity contribution in [2.24, 2.45) is 0 Å². The number of hydrogen-bond acceptors (Lipinski definition) is 3. The fourth-order valence-corrected chi connectivity index (χ4v) is 2.65. The molecule has 0 aliphatic carbocycles. The van der Waals surface area contributed by atoms with E-state index in [1.54, 1.807) is 19.2 Å². The molecule has 0 radical (unpaired) electrons. The Morgan fingerprint density at radius 2 is 2.16 bits per heavy atom. The molecule has 0 spiro atoms. The zero-order valence-electron chi connectivity index (χ0n) is 11.1. The van der Waals surface area contributed by atoms with Crippen LogP contribution in [0.2, 0.25) is 5.02 Å². The maximum atomic E-state index is 6.01. The lowest BCUT2D eigenvalue weighted by molar-refractivity contribution is 0.0257. The van der Waals surface area contributed by atoms with Gasteiger partial charge in [-0.3, -0.25) is 0 Å². The number of methoxy groups -OCH3 is 1. The third kappa shape index (κ3) is 3.68. The maximum Gasteiger partial charge on any atom is 0.165 e. The van der Waals surface area contributed by atoms with Gasteiger partial charge in [-0.05, 0) is 25.8 Å². The Bertz CT molecular complexity index is 412. The average Bonchev–Trinajstić information content (AvgIpc) is 2.81. The molecule has 1 aliphatic rings. The molecule has 0 amide bonds. The van der Waals surface area contributed by atoms with Gasteiger partial charge in [0.1, 0.15) is 6.61 Å². The molecule has 0 N–H and O–H groups in total. The third-order valence-electron chi connectivity index (χ3n) is 3.19. The molecule has 1 aromatic carbocycles. The van der Waals surface area contributed by atoms with Gasteiger partial charge in [0, 0.05) is 16.7 Å². The van der Waals surface area contributed by atoms with Crippen LogP contribution in [-0.2, 0) is 10.6 Å². The molecular weight excluding hydrogens is 287 g/mol. The number of halogens is 2. The molecule has 19 heavy (non-hydrogen) atoms. The summed E-state index contributed by atoms with van der Waals surface area (Å²) in [7, 11) is 1.59. The van der Waals surface area contributed by atoms with Crippen LogP contribution in [0.3, 0.4) is 0 Å². The van der Waals surface area contributed by atoms with E-state index in [1.165, 1.54) is 0 Å². The van der Waals surface area contributed by atoms with Crippen molar-refractivity contribution in [3.8, 4) is 11.5 Å². The first-order valence-corrected chi connectivity index (χ1v) is 7.26. The number of alkyl halides is 1. The van der Waals surface area contributed by atoms with E-state index in [1.807, 2.05) is 0 Å². The van der Waals surface area contributed by atoms with Gasteiger partial charge in [0.05, 0.1) is 25.2 Å². The van der Waals surface area contributed by atoms with E-state index in [2.05, 4.69) is 6.92 Å². The van der Waals surface area contributed by atoms with Crippen LogP contribution < -0.4 is 9.47 Å². The van der Waals surface area contributed by atoms with E-state index in [9.17, 15) is 0 Å². The molecule has 2 atom stereocenters. The van der Waals surface area contributed by atoms with Gasteiger partial charge in [-0.1, -0.05) is 11.6 Å². The molecule has 1 aromatic rings. The van der Waals surface area contributed by atoms with Crippen LogP contribution in [0.25, 0.3) is 0 Å². The number of ether oxygens (including phenoxy) is 3. The van der Waals surface area contributed by atoms with Gasteiger partial charge < -0.3 is 14.2 Å². The summed E-state index contributed by atoms with van der Waals surface area (Å²) in [5.41, 5.74) is 0.831. The molecule has 2 rings (SSSR count). The van der Waals surface area contributed by atoms with Crippen molar-refractivity contribution in [2.45, 2.75) is 37.9 Å². The molecule has 1 fully saturated rings. The molecule has 0 bridgehead atoms. The van der Waals surface area contributed by atoms with Crippen LogP contribution in [0.4, 0.5) is 0 Å². The van der Waals surface area contributed by atoms with Gasteiger partial charge in [-0.2, -0.15) is 0 Å². The third-order valence-corrected chi connectivity index (χ3v) is 3.70. The molecule has 0 aromatic heterocycles. The fraction of sp³-hybridized carbons (Fsp3) is 0.571. The topological polar surface area (TPSA) is 27.7 Å². The van der Waals surface area contributed by atoms with E-state index in [0.29, 0.717) is 35.1 Å². The van der Waals surface area contributed by atoms with Crippen molar-refractivity contribution in [2.75, 3.05) is 13.7 Å². The monoisotopic (exact) mass is 304 g/mol. The molecule has 106 valence electrons. The normalized spacial score (nSPS) is 22.5. The standard InChI is InChI=1S/C14H18Cl2O3/c1-9-3-4-12(19-9)8-18-14-10(7-15)5-11(16)6-13(14)17-2/h5-6,9,12H,3-4,7-8H2,1-2H3. The largest absolute Gasteiger partial charge is 0.493 e. The van der Waals surface area contributed by atoms with E-state index < -0.39 is 0 Å². The second-order valence-electron chi connectivity index (χ2n) is 4.69. The van der Waals surface area contributed by atoms with Gasteiger partial charge in [0.2, 0.25) is 0 Å². The summed E-state index contributed by atoms with van der Waals surface area (Å²) < 4.78 is 16.9. The summed E-state index contributed by atoms with van der Waals surface area (Å²) in [6, 6.07) is 3.52. The first-order chi connectivity index (χ1) is 9.13. The van der Waals surface area contributed by atoms with Crippen molar-refractivity contribution in [1.29, 1.82) is 0 Å². The van der Waals surface area contributed by atoms with Crippen LogP contribution in [0.5, 0.6) is 11.5 Å². The lowest BCUT2D eigenvalue weighted by Gasteiger charge is -2.17. The van der Waals surface area contributed by atoms with Gasteiger partial charge in [0.15, 0.2) is 11.5 Å². The Balaban J connectivity index is 2.09. The zero-order chi connectivity index (χ0) is 13.8. The van der Waals surface area contributed by atoms with Crippen LogP contribution in [0, 0.1) is 0 Å². The van der Waals surface area contributed by atoms with Gasteiger partial charge >= 0.3 is 0 Å². The minimum absolute atomic E-state index is 0.138. The number of hydrogen-bond donors (Lipinski definition) is 0. The van der Waals surface area contributed by atoms with Crippen LogP contribution in [0.1, 0.15) is 25.3 Å².